The Morgan fingerprint density at radius 3 is 2.30 bits per heavy atom. The van der Waals surface area contributed by atoms with E-state index in [1.165, 1.54) is 5.56 Å². The lowest BCUT2D eigenvalue weighted by Crippen LogP contribution is -2.00. The highest BCUT2D eigenvalue weighted by molar-refractivity contribution is 5.96. The Balaban J connectivity index is 1.85. The third-order valence-corrected chi connectivity index (χ3v) is 3.22. The second-order valence-electron chi connectivity index (χ2n) is 4.74. The van der Waals surface area contributed by atoms with Crippen LogP contribution < -0.4 is 5.73 Å². The van der Waals surface area contributed by atoms with E-state index >= 15 is 0 Å². The molecule has 2 aromatic carbocycles. The van der Waals surface area contributed by atoms with Crippen LogP contribution in [0.25, 0.3) is 0 Å². The Bertz CT molecular complexity index is 618. The number of benzene rings is 2. The number of terminal acetylenes is 1. The molecule has 0 aliphatic heterocycles. The van der Waals surface area contributed by atoms with Crippen LogP contribution in [0.2, 0.25) is 0 Å². The minimum absolute atomic E-state index is 0.156. The molecule has 0 fully saturated rings. The molecule has 100 valence electrons. The smallest absolute Gasteiger partial charge is 0.162 e. The van der Waals surface area contributed by atoms with Gasteiger partial charge in [-0.3, -0.25) is 4.79 Å². The molecule has 0 aliphatic carbocycles. The van der Waals surface area contributed by atoms with Crippen molar-refractivity contribution >= 4 is 11.5 Å². The van der Waals surface area contributed by atoms with Gasteiger partial charge in [-0.2, -0.15) is 0 Å². The van der Waals surface area contributed by atoms with Gasteiger partial charge in [0.2, 0.25) is 0 Å². The molecule has 0 bridgehead atoms. The van der Waals surface area contributed by atoms with Crippen LogP contribution >= 0.6 is 0 Å². The monoisotopic (exact) mass is 263 g/mol. The van der Waals surface area contributed by atoms with Crippen LogP contribution in [0.3, 0.4) is 0 Å². The Hall–Kier alpha value is -2.53. The molecule has 0 radical (unpaired) electrons. The summed E-state index contributed by atoms with van der Waals surface area (Å²) in [5, 5.41) is 0. The minimum atomic E-state index is 0.156. The van der Waals surface area contributed by atoms with Crippen molar-refractivity contribution in [3.8, 4) is 12.3 Å². The predicted octanol–water partition coefficient (Wildman–Crippen LogP) is 3.46. The minimum Gasteiger partial charge on any atom is -0.399 e. The number of hydrogen-bond acceptors (Lipinski definition) is 2. The van der Waals surface area contributed by atoms with E-state index in [4.69, 9.17) is 12.2 Å². The summed E-state index contributed by atoms with van der Waals surface area (Å²) in [6, 6.07) is 15.0. The fourth-order valence-corrected chi connectivity index (χ4v) is 2.03. The van der Waals surface area contributed by atoms with Crippen LogP contribution in [-0.2, 0) is 6.42 Å². The van der Waals surface area contributed by atoms with E-state index in [1.54, 1.807) is 24.3 Å². The van der Waals surface area contributed by atoms with Crippen molar-refractivity contribution in [3.63, 3.8) is 0 Å². The van der Waals surface area contributed by atoms with Gasteiger partial charge in [-0.15, -0.1) is 6.42 Å². The predicted molar refractivity (Wildman–Crippen MR) is 82.5 cm³/mol. The van der Waals surface area contributed by atoms with Crippen LogP contribution in [0.15, 0.2) is 48.5 Å². The number of ketones is 1. The zero-order valence-electron chi connectivity index (χ0n) is 11.3. The average molecular weight is 263 g/mol. The molecule has 2 aromatic rings. The maximum Gasteiger partial charge on any atom is 0.162 e. The van der Waals surface area contributed by atoms with Gasteiger partial charge in [0.1, 0.15) is 0 Å². The van der Waals surface area contributed by atoms with Gasteiger partial charge in [-0.05, 0) is 42.7 Å². The normalized spacial score (nSPS) is 9.95. The van der Waals surface area contributed by atoms with Gasteiger partial charge in [-0.25, -0.2) is 0 Å². The van der Waals surface area contributed by atoms with Crippen LogP contribution in [0, 0.1) is 12.3 Å². The van der Waals surface area contributed by atoms with E-state index in [0.29, 0.717) is 6.42 Å². The molecule has 0 aliphatic rings. The van der Waals surface area contributed by atoms with Crippen LogP contribution in [-0.4, -0.2) is 5.78 Å². The fourth-order valence-electron chi connectivity index (χ4n) is 2.03. The molecule has 0 amide bonds. The fraction of sp³-hybridized carbons (Fsp3) is 0.167. The van der Waals surface area contributed by atoms with E-state index in [-0.39, 0.29) is 5.78 Å². The third kappa shape index (κ3) is 3.73. The average Bonchev–Trinajstić information content (AvgIpc) is 2.49. The summed E-state index contributed by atoms with van der Waals surface area (Å²) < 4.78 is 0. The highest BCUT2D eigenvalue weighted by Crippen LogP contribution is 2.12. The summed E-state index contributed by atoms with van der Waals surface area (Å²) in [4.78, 5) is 12.0. The van der Waals surface area contributed by atoms with Gasteiger partial charge in [0, 0.05) is 23.2 Å². The van der Waals surface area contributed by atoms with Crippen molar-refractivity contribution in [2.24, 2.45) is 0 Å². The Morgan fingerprint density at radius 2 is 1.70 bits per heavy atom. The molecule has 0 saturated carbocycles. The summed E-state index contributed by atoms with van der Waals surface area (Å²) in [6.45, 7) is 0. The number of Topliss-reactive ketones (excluding diaryl/α,β-unsaturated/α-hetero) is 1. The number of nitrogens with two attached hydrogens (primary N) is 1. The standard InChI is InChI=1S/C18H17NO/c1-2-14-6-10-16(11-7-14)18(20)5-3-4-15-8-12-17(19)13-9-15/h1,6-13H,3-5,19H2. The van der Waals surface area contributed by atoms with E-state index in [0.717, 1.165) is 29.7 Å². The van der Waals surface area contributed by atoms with Crippen LogP contribution in [0.4, 0.5) is 5.69 Å². The first-order valence-corrected chi connectivity index (χ1v) is 6.63. The van der Waals surface area contributed by atoms with Gasteiger partial charge in [0.05, 0.1) is 0 Å². The largest absolute Gasteiger partial charge is 0.399 e. The summed E-state index contributed by atoms with van der Waals surface area (Å²) in [7, 11) is 0. The molecule has 0 spiro atoms. The molecule has 0 unspecified atom stereocenters. The van der Waals surface area contributed by atoms with Crippen molar-refractivity contribution < 1.29 is 4.79 Å². The number of hydrogen-bond donors (Lipinski definition) is 1. The van der Waals surface area contributed by atoms with Crippen molar-refractivity contribution in [2.45, 2.75) is 19.3 Å². The highest BCUT2D eigenvalue weighted by atomic mass is 16.1. The molecule has 2 rings (SSSR count). The molecule has 0 atom stereocenters. The Morgan fingerprint density at radius 1 is 1.05 bits per heavy atom. The number of rotatable bonds is 5. The van der Waals surface area contributed by atoms with Crippen molar-refractivity contribution in [3.05, 3.63) is 65.2 Å². The SMILES string of the molecule is C#Cc1ccc(C(=O)CCCc2ccc(N)cc2)cc1. The van der Waals surface area contributed by atoms with Gasteiger partial charge in [-0.1, -0.05) is 30.2 Å². The first-order valence-electron chi connectivity index (χ1n) is 6.63. The lowest BCUT2D eigenvalue weighted by Gasteiger charge is -2.03. The summed E-state index contributed by atoms with van der Waals surface area (Å²) >= 11 is 0. The van der Waals surface area contributed by atoms with Gasteiger partial charge in [0.15, 0.2) is 5.78 Å². The number of anilines is 1. The van der Waals surface area contributed by atoms with Crippen molar-refractivity contribution in [2.75, 3.05) is 5.73 Å². The molecule has 2 nitrogen and oxygen atoms in total. The number of nitrogen functional groups attached to an aromatic ring is 1. The molecule has 0 saturated heterocycles. The molecule has 0 heterocycles. The maximum atomic E-state index is 12.0. The lowest BCUT2D eigenvalue weighted by molar-refractivity contribution is 0.0980. The number of carbonyl (C=O) groups excluding carboxylic acids is 1. The molecule has 20 heavy (non-hydrogen) atoms. The first kappa shape index (κ1) is 13.9. The quantitative estimate of drug-likeness (QED) is 0.510. The summed E-state index contributed by atoms with van der Waals surface area (Å²) in [6.07, 6.45) is 7.55. The Kier molecular flexibility index (Phi) is 4.57. The Labute approximate surface area is 119 Å². The van der Waals surface area contributed by atoms with Gasteiger partial charge >= 0.3 is 0 Å². The topological polar surface area (TPSA) is 43.1 Å². The van der Waals surface area contributed by atoms with E-state index in [9.17, 15) is 4.79 Å². The number of carbonyl (C=O) groups is 1. The lowest BCUT2D eigenvalue weighted by atomic mass is 10.0. The maximum absolute atomic E-state index is 12.0. The van der Waals surface area contributed by atoms with Crippen molar-refractivity contribution in [1.82, 2.24) is 0 Å². The van der Waals surface area contributed by atoms with Gasteiger partial charge in [0.25, 0.3) is 0 Å². The van der Waals surface area contributed by atoms with Crippen molar-refractivity contribution in [1.29, 1.82) is 0 Å². The molecular formula is C18H17NO. The molecule has 2 N–H and O–H groups in total. The van der Waals surface area contributed by atoms with Crippen LogP contribution in [0.1, 0.15) is 34.3 Å². The first-order chi connectivity index (χ1) is 9.69. The highest BCUT2D eigenvalue weighted by Gasteiger charge is 2.05. The second kappa shape index (κ2) is 6.58. The van der Waals surface area contributed by atoms with Gasteiger partial charge < -0.3 is 5.73 Å². The van der Waals surface area contributed by atoms with E-state index in [1.807, 2.05) is 24.3 Å². The zero-order valence-corrected chi connectivity index (χ0v) is 11.3. The van der Waals surface area contributed by atoms with E-state index in [2.05, 4.69) is 5.92 Å². The molecule has 2 heteroatoms. The zero-order chi connectivity index (χ0) is 14.4. The third-order valence-electron chi connectivity index (χ3n) is 3.22. The second-order valence-corrected chi connectivity index (χ2v) is 4.74. The number of aryl methyl sites for hydroxylation is 1. The van der Waals surface area contributed by atoms with Crippen LogP contribution in [0.5, 0.6) is 0 Å². The summed E-state index contributed by atoms with van der Waals surface area (Å²) in [5.41, 5.74) is 9.12. The van der Waals surface area contributed by atoms with E-state index < -0.39 is 0 Å². The molecular weight excluding hydrogens is 246 g/mol. The summed E-state index contributed by atoms with van der Waals surface area (Å²) in [5.74, 6) is 2.70. The molecule has 0 aromatic heterocycles.